The number of aromatic carboxylic acids is 1. The fourth-order valence-electron chi connectivity index (χ4n) is 4.06. The number of fused-ring (bicyclic) bond motifs is 1. The summed E-state index contributed by atoms with van der Waals surface area (Å²) < 4.78 is 2.90. The molecule has 5 nitrogen and oxygen atoms in total. The minimum Gasteiger partial charge on any atom is -0.478 e. The van der Waals surface area contributed by atoms with E-state index in [0.717, 1.165) is 58.5 Å². The number of hydrogen-bond acceptors (Lipinski definition) is 7. The molecule has 2 N–H and O–H groups in total. The average Bonchev–Trinajstić information content (AvgIpc) is 3.31. The lowest BCUT2D eigenvalue weighted by Crippen LogP contribution is -2.22. The Labute approximate surface area is 173 Å². The molecule has 1 saturated heterocycles. The van der Waals surface area contributed by atoms with Crippen LogP contribution in [0.5, 0.6) is 0 Å². The van der Waals surface area contributed by atoms with E-state index < -0.39 is 5.97 Å². The minimum atomic E-state index is -0.818. The van der Waals surface area contributed by atoms with Crippen LogP contribution in [0.4, 0.5) is 5.13 Å². The van der Waals surface area contributed by atoms with Crippen LogP contribution in [0, 0.1) is 5.41 Å². The maximum absolute atomic E-state index is 12.2. The van der Waals surface area contributed by atoms with Crippen LogP contribution in [-0.4, -0.2) is 29.1 Å². The van der Waals surface area contributed by atoms with E-state index in [1.807, 2.05) is 0 Å². The predicted molar refractivity (Wildman–Crippen MR) is 115 cm³/mol. The van der Waals surface area contributed by atoms with Gasteiger partial charge < -0.3 is 10.0 Å². The maximum Gasteiger partial charge on any atom is 0.337 e. The second-order valence-electron chi connectivity index (χ2n) is 8.16. The Morgan fingerprint density at radius 1 is 1.30 bits per heavy atom. The topological polar surface area (TPSA) is 65.5 Å². The lowest BCUT2D eigenvalue weighted by molar-refractivity contribution is 0.0696. The van der Waals surface area contributed by atoms with E-state index in [9.17, 15) is 9.90 Å². The largest absolute Gasteiger partial charge is 0.478 e. The van der Waals surface area contributed by atoms with Crippen LogP contribution in [0.15, 0.2) is 0 Å². The highest BCUT2D eigenvalue weighted by atomic mass is 32.1. The molecule has 146 valence electrons. The Hall–Kier alpha value is -1.09. The van der Waals surface area contributed by atoms with Gasteiger partial charge in [-0.1, -0.05) is 38.0 Å². The lowest BCUT2D eigenvalue weighted by Gasteiger charge is -2.29. The van der Waals surface area contributed by atoms with E-state index in [0.29, 0.717) is 12.1 Å². The van der Waals surface area contributed by atoms with Crippen molar-refractivity contribution in [3.8, 4) is 9.75 Å². The molecule has 0 bridgehead atoms. The van der Waals surface area contributed by atoms with Gasteiger partial charge in [-0.05, 0) is 43.1 Å². The number of anilines is 1. The average molecular weight is 424 g/mol. The Kier molecular flexibility index (Phi) is 5.26. The van der Waals surface area contributed by atoms with Gasteiger partial charge in [0.25, 0.3) is 0 Å². The fourth-order valence-corrected chi connectivity index (χ4v) is 6.81. The van der Waals surface area contributed by atoms with Gasteiger partial charge in [-0.3, -0.25) is 4.72 Å². The molecule has 1 aliphatic heterocycles. The van der Waals surface area contributed by atoms with Gasteiger partial charge in [0, 0.05) is 24.5 Å². The molecule has 0 aromatic carbocycles. The number of carboxylic acids is 1. The molecule has 8 heteroatoms. The Morgan fingerprint density at radius 2 is 2.04 bits per heavy atom. The Morgan fingerprint density at radius 3 is 2.70 bits per heavy atom. The highest BCUT2D eigenvalue weighted by Gasteiger charge is 2.34. The van der Waals surface area contributed by atoms with Crippen LogP contribution >= 0.6 is 35.5 Å². The van der Waals surface area contributed by atoms with Crippen molar-refractivity contribution in [3.05, 3.63) is 21.7 Å². The zero-order chi connectivity index (χ0) is 19.2. The standard InChI is InChI=1S/C19H25N3O2S3/c1-19(2)6-5-13-11(9-19)14(17(23)24)16(26-13)15-12(10-20-25)21-18(27-15)22-7-3-4-8-22/h20,25H,3-10H2,1-2H3,(H,23,24). The SMILES string of the molecule is CC1(C)CCc2sc(-c3sc(N4CCCC4)nc3CNS)c(C(=O)O)c2C1. The van der Waals surface area contributed by atoms with Crippen molar-refractivity contribution < 1.29 is 9.90 Å². The van der Waals surface area contributed by atoms with Crippen molar-refractivity contribution in [2.24, 2.45) is 5.41 Å². The fraction of sp³-hybridized carbons (Fsp3) is 0.579. The summed E-state index contributed by atoms with van der Waals surface area (Å²) in [5, 5.41) is 11.0. The van der Waals surface area contributed by atoms with Gasteiger partial charge in [0.05, 0.1) is 21.0 Å². The van der Waals surface area contributed by atoms with Crippen LogP contribution in [-0.2, 0) is 19.4 Å². The van der Waals surface area contributed by atoms with Crippen molar-refractivity contribution in [2.75, 3.05) is 18.0 Å². The van der Waals surface area contributed by atoms with Crippen molar-refractivity contribution in [2.45, 2.75) is 52.5 Å². The lowest BCUT2D eigenvalue weighted by atomic mass is 9.76. The van der Waals surface area contributed by atoms with E-state index >= 15 is 0 Å². The highest BCUT2D eigenvalue weighted by molar-refractivity contribution is 7.78. The Balaban J connectivity index is 1.83. The molecule has 0 atom stereocenters. The van der Waals surface area contributed by atoms with Gasteiger partial charge in [-0.2, -0.15) is 0 Å². The summed E-state index contributed by atoms with van der Waals surface area (Å²) in [6.07, 6.45) is 5.28. The van der Waals surface area contributed by atoms with Gasteiger partial charge in [-0.25, -0.2) is 9.78 Å². The van der Waals surface area contributed by atoms with Crippen LogP contribution in [0.1, 0.15) is 59.6 Å². The van der Waals surface area contributed by atoms with E-state index in [2.05, 4.69) is 36.3 Å². The molecule has 27 heavy (non-hydrogen) atoms. The van der Waals surface area contributed by atoms with Crippen LogP contribution in [0.3, 0.4) is 0 Å². The second-order valence-corrected chi connectivity index (χ2v) is 10.6. The van der Waals surface area contributed by atoms with Gasteiger partial charge in [0.2, 0.25) is 0 Å². The molecule has 2 aliphatic rings. The van der Waals surface area contributed by atoms with Crippen LogP contribution < -0.4 is 9.62 Å². The predicted octanol–water partition coefficient (Wildman–Crippen LogP) is 4.62. The quantitative estimate of drug-likeness (QED) is 0.613. The van der Waals surface area contributed by atoms with Gasteiger partial charge >= 0.3 is 5.97 Å². The molecule has 1 aliphatic carbocycles. The summed E-state index contributed by atoms with van der Waals surface area (Å²) in [6.45, 7) is 7.04. The van der Waals surface area contributed by atoms with E-state index in [-0.39, 0.29) is 5.41 Å². The molecule has 2 aromatic rings. The van der Waals surface area contributed by atoms with Gasteiger partial charge in [-0.15, -0.1) is 11.3 Å². The number of nitrogens with one attached hydrogen (secondary N) is 1. The Bertz CT molecular complexity index is 866. The number of aromatic nitrogens is 1. The zero-order valence-electron chi connectivity index (χ0n) is 15.7. The summed E-state index contributed by atoms with van der Waals surface area (Å²) in [7, 11) is 0. The van der Waals surface area contributed by atoms with Crippen LogP contribution in [0.25, 0.3) is 9.75 Å². The number of thiazole rings is 1. The number of thiol groups is 1. The number of aryl methyl sites for hydroxylation is 1. The molecule has 1 fully saturated rings. The number of hydrogen-bond donors (Lipinski definition) is 3. The second kappa shape index (κ2) is 7.39. The number of nitrogens with zero attached hydrogens (tertiary/aromatic N) is 2. The van der Waals surface area contributed by atoms with Crippen molar-refractivity contribution in [1.82, 2.24) is 9.71 Å². The molecular formula is C19H25N3O2S3. The molecule has 2 aromatic heterocycles. The van der Waals surface area contributed by atoms with E-state index in [1.165, 1.54) is 17.7 Å². The molecule has 0 unspecified atom stereocenters. The first kappa shape index (κ1) is 19.2. The molecule has 0 radical (unpaired) electrons. The number of thiophene rings is 1. The third kappa shape index (κ3) is 3.64. The highest BCUT2D eigenvalue weighted by Crippen LogP contribution is 2.48. The molecule has 4 rings (SSSR count). The first-order valence-corrected chi connectivity index (χ1v) is 11.5. The third-order valence-corrected chi connectivity index (χ3v) is 8.28. The summed E-state index contributed by atoms with van der Waals surface area (Å²) >= 11 is 7.45. The third-order valence-electron chi connectivity index (χ3n) is 5.50. The zero-order valence-corrected chi connectivity index (χ0v) is 18.2. The van der Waals surface area contributed by atoms with Crippen molar-refractivity contribution in [1.29, 1.82) is 0 Å². The summed E-state index contributed by atoms with van der Waals surface area (Å²) in [5.74, 6) is -0.818. The normalized spacial score (nSPS) is 18.7. The first-order valence-electron chi connectivity index (χ1n) is 9.39. The smallest absolute Gasteiger partial charge is 0.337 e. The maximum atomic E-state index is 12.2. The van der Waals surface area contributed by atoms with Crippen molar-refractivity contribution in [3.63, 3.8) is 0 Å². The van der Waals surface area contributed by atoms with Gasteiger partial charge in [0.15, 0.2) is 5.13 Å². The first-order chi connectivity index (χ1) is 12.9. The summed E-state index contributed by atoms with van der Waals surface area (Å²) in [6, 6.07) is 0. The molecule has 0 spiro atoms. The molecule has 0 amide bonds. The molecular weight excluding hydrogens is 398 g/mol. The summed E-state index contributed by atoms with van der Waals surface area (Å²) in [5.41, 5.74) is 2.59. The molecule has 3 heterocycles. The number of carbonyl (C=O) groups is 1. The van der Waals surface area contributed by atoms with Crippen molar-refractivity contribution >= 4 is 46.6 Å². The van der Waals surface area contributed by atoms with E-state index in [4.69, 9.17) is 4.98 Å². The summed E-state index contributed by atoms with van der Waals surface area (Å²) in [4.78, 5) is 22.5. The van der Waals surface area contributed by atoms with Crippen LogP contribution in [0.2, 0.25) is 0 Å². The van der Waals surface area contributed by atoms with Gasteiger partial charge in [0.1, 0.15) is 0 Å². The molecule has 0 saturated carbocycles. The minimum absolute atomic E-state index is 0.152. The number of rotatable bonds is 5. The van der Waals surface area contributed by atoms with E-state index in [1.54, 1.807) is 22.7 Å². The monoisotopic (exact) mass is 423 g/mol. The number of carboxylic acid groups (broad SMARTS) is 1.